The highest BCUT2D eigenvalue weighted by Crippen LogP contribution is 2.18. The van der Waals surface area contributed by atoms with Crippen LogP contribution in [-0.4, -0.2) is 18.6 Å². The van der Waals surface area contributed by atoms with Crippen LogP contribution in [0.25, 0.3) is 0 Å². The summed E-state index contributed by atoms with van der Waals surface area (Å²) in [5.74, 6) is 0. The average molecular weight is 210 g/mol. The van der Waals surface area contributed by atoms with Crippen LogP contribution >= 0.6 is 11.3 Å². The Balaban J connectivity index is 1.59. The molecule has 2 N–H and O–H groups in total. The van der Waals surface area contributed by atoms with Crippen molar-refractivity contribution in [2.75, 3.05) is 6.54 Å². The minimum absolute atomic E-state index is 0.567. The van der Waals surface area contributed by atoms with Gasteiger partial charge in [-0.1, -0.05) is 6.07 Å². The molecule has 0 spiro atoms. The van der Waals surface area contributed by atoms with Gasteiger partial charge in [0.05, 0.1) is 0 Å². The maximum absolute atomic E-state index is 3.53. The maximum Gasteiger partial charge on any atom is 0.0302 e. The molecule has 14 heavy (non-hydrogen) atoms. The lowest BCUT2D eigenvalue weighted by Gasteiger charge is -2.13. The molecule has 0 bridgehead atoms. The van der Waals surface area contributed by atoms with Crippen LogP contribution in [0.5, 0.6) is 0 Å². The fourth-order valence-corrected chi connectivity index (χ4v) is 2.05. The average Bonchev–Trinajstić information content (AvgIpc) is 2.87. The fourth-order valence-electron chi connectivity index (χ4n) is 1.39. The molecule has 1 fully saturated rings. The number of nitrogens with one attached hydrogen (secondary N) is 2. The molecule has 0 amide bonds. The molecule has 1 heterocycles. The molecule has 1 saturated carbocycles. The van der Waals surface area contributed by atoms with Crippen LogP contribution in [0, 0.1) is 0 Å². The van der Waals surface area contributed by atoms with Crippen LogP contribution < -0.4 is 10.6 Å². The molecule has 2 nitrogen and oxygen atoms in total. The van der Waals surface area contributed by atoms with Crippen molar-refractivity contribution in [2.24, 2.45) is 0 Å². The van der Waals surface area contributed by atoms with Crippen molar-refractivity contribution in [1.82, 2.24) is 10.6 Å². The number of hydrogen-bond donors (Lipinski definition) is 2. The Labute approximate surface area is 89.7 Å². The first-order valence-corrected chi connectivity index (χ1v) is 6.21. The van der Waals surface area contributed by atoms with Crippen LogP contribution in [0.15, 0.2) is 17.5 Å². The van der Waals surface area contributed by atoms with E-state index < -0.39 is 0 Å². The summed E-state index contributed by atoms with van der Waals surface area (Å²) in [6.07, 6.45) is 2.75. The van der Waals surface area contributed by atoms with Gasteiger partial charge in [-0.2, -0.15) is 0 Å². The van der Waals surface area contributed by atoms with E-state index in [1.165, 1.54) is 17.7 Å². The van der Waals surface area contributed by atoms with Crippen LogP contribution in [0.4, 0.5) is 0 Å². The molecule has 1 aromatic rings. The maximum atomic E-state index is 3.53. The molecule has 0 aliphatic heterocycles. The van der Waals surface area contributed by atoms with Gasteiger partial charge in [0.15, 0.2) is 0 Å². The van der Waals surface area contributed by atoms with E-state index in [2.05, 4.69) is 35.1 Å². The molecule has 1 unspecified atom stereocenters. The van der Waals surface area contributed by atoms with E-state index in [0.717, 1.165) is 19.1 Å². The van der Waals surface area contributed by atoms with Crippen molar-refractivity contribution in [3.63, 3.8) is 0 Å². The Hall–Kier alpha value is -0.380. The van der Waals surface area contributed by atoms with Crippen LogP contribution in [0.1, 0.15) is 24.6 Å². The molecule has 78 valence electrons. The van der Waals surface area contributed by atoms with Crippen molar-refractivity contribution >= 4 is 11.3 Å². The van der Waals surface area contributed by atoms with Gasteiger partial charge in [0.25, 0.3) is 0 Å². The van der Waals surface area contributed by atoms with Gasteiger partial charge >= 0.3 is 0 Å². The third kappa shape index (κ3) is 3.40. The zero-order chi connectivity index (χ0) is 9.80. The summed E-state index contributed by atoms with van der Waals surface area (Å²) in [5.41, 5.74) is 0. The number of rotatable bonds is 6. The van der Waals surface area contributed by atoms with Gasteiger partial charge in [-0.3, -0.25) is 0 Å². The summed E-state index contributed by atoms with van der Waals surface area (Å²) in [6, 6.07) is 5.67. The lowest BCUT2D eigenvalue weighted by atomic mass is 10.3. The normalized spacial score (nSPS) is 18.4. The SMILES string of the molecule is CC(CNC1CC1)NCc1cccs1. The molecule has 1 aliphatic rings. The summed E-state index contributed by atoms with van der Waals surface area (Å²) >= 11 is 1.82. The van der Waals surface area contributed by atoms with Gasteiger partial charge in [0.2, 0.25) is 0 Å². The summed E-state index contributed by atoms with van der Waals surface area (Å²) < 4.78 is 0. The van der Waals surface area contributed by atoms with E-state index >= 15 is 0 Å². The molecule has 1 aliphatic carbocycles. The fraction of sp³-hybridized carbons (Fsp3) is 0.636. The van der Waals surface area contributed by atoms with Crippen LogP contribution in [0.2, 0.25) is 0 Å². The van der Waals surface area contributed by atoms with Crippen molar-refractivity contribution in [1.29, 1.82) is 0 Å². The standard InChI is InChI=1S/C11H18N2S/c1-9(7-13-10-4-5-10)12-8-11-3-2-6-14-11/h2-3,6,9-10,12-13H,4-5,7-8H2,1H3. The first-order valence-electron chi connectivity index (χ1n) is 5.34. The van der Waals surface area contributed by atoms with Crippen molar-refractivity contribution in [3.8, 4) is 0 Å². The van der Waals surface area contributed by atoms with Gasteiger partial charge in [0.1, 0.15) is 0 Å². The summed E-state index contributed by atoms with van der Waals surface area (Å²) in [7, 11) is 0. The molecule has 2 rings (SSSR count). The van der Waals surface area contributed by atoms with Crippen molar-refractivity contribution in [2.45, 2.75) is 38.4 Å². The molecular formula is C11H18N2S. The van der Waals surface area contributed by atoms with Gasteiger partial charge in [-0.15, -0.1) is 11.3 Å². The smallest absolute Gasteiger partial charge is 0.0302 e. The summed E-state index contributed by atoms with van der Waals surface area (Å²) in [5, 5.41) is 9.17. The van der Waals surface area contributed by atoms with E-state index in [4.69, 9.17) is 0 Å². The third-order valence-corrected chi connectivity index (χ3v) is 3.37. The van der Waals surface area contributed by atoms with Gasteiger partial charge in [0, 0.05) is 30.1 Å². The quantitative estimate of drug-likeness (QED) is 0.750. The summed E-state index contributed by atoms with van der Waals surface area (Å²) in [6.45, 7) is 4.34. The zero-order valence-corrected chi connectivity index (χ0v) is 9.44. The Morgan fingerprint density at radius 3 is 3.07 bits per heavy atom. The molecule has 0 radical (unpaired) electrons. The second-order valence-corrected chi connectivity index (χ2v) is 5.08. The van der Waals surface area contributed by atoms with E-state index in [-0.39, 0.29) is 0 Å². The molecule has 3 heteroatoms. The Bertz CT molecular complexity index is 254. The summed E-state index contributed by atoms with van der Waals surface area (Å²) in [4.78, 5) is 1.42. The highest BCUT2D eigenvalue weighted by molar-refractivity contribution is 7.09. The van der Waals surface area contributed by atoms with E-state index in [1.807, 2.05) is 11.3 Å². The second-order valence-electron chi connectivity index (χ2n) is 4.04. The first-order chi connectivity index (χ1) is 6.84. The Kier molecular flexibility index (Phi) is 3.56. The molecule has 1 atom stereocenters. The van der Waals surface area contributed by atoms with Gasteiger partial charge in [-0.25, -0.2) is 0 Å². The predicted molar refractivity (Wildman–Crippen MR) is 61.6 cm³/mol. The van der Waals surface area contributed by atoms with E-state index in [0.29, 0.717) is 6.04 Å². The molecule has 0 saturated heterocycles. The highest BCUT2D eigenvalue weighted by Gasteiger charge is 2.20. The second kappa shape index (κ2) is 4.91. The zero-order valence-electron chi connectivity index (χ0n) is 8.62. The topological polar surface area (TPSA) is 24.1 Å². The monoisotopic (exact) mass is 210 g/mol. The Morgan fingerprint density at radius 1 is 1.57 bits per heavy atom. The molecule has 1 aromatic heterocycles. The van der Waals surface area contributed by atoms with Crippen LogP contribution in [-0.2, 0) is 6.54 Å². The molecular weight excluding hydrogens is 192 g/mol. The van der Waals surface area contributed by atoms with Gasteiger partial charge in [-0.05, 0) is 31.2 Å². The minimum atomic E-state index is 0.567. The number of thiophene rings is 1. The lowest BCUT2D eigenvalue weighted by Crippen LogP contribution is -2.36. The van der Waals surface area contributed by atoms with Gasteiger partial charge < -0.3 is 10.6 Å². The lowest BCUT2D eigenvalue weighted by molar-refractivity contribution is 0.502. The number of hydrogen-bond acceptors (Lipinski definition) is 3. The first kappa shape index (κ1) is 10.1. The molecule has 0 aromatic carbocycles. The minimum Gasteiger partial charge on any atom is -0.312 e. The predicted octanol–water partition coefficient (Wildman–Crippen LogP) is 1.98. The van der Waals surface area contributed by atoms with Crippen molar-refractivity contribution in [3.05, 3.63) is 22.4 Å². The van der Waals surface area contributed by atoms with E-state index in [9.17, 15) is 0 Å². The Morgan fingerprint density at radius 2 is 2.43 bits per heavy atom. The van der Waals surface area contributed by atoms with Crippen LogP contribution in [0.3, 0.4) is 0 Å². The highest BCUT2D eigenvalue weighted by atomic mass is 32.1. The van der Waals surface area contributed by atoms with Crippen molar-refractivity contribution < 1.29 is 0 Å². The largest absolute Gasteiger partial charge is 0.312 e. The van der Waals surface area contributed by atoms with E-state index in [1.54, 1.807) is 0 Å². The third-order valence-electron chi connectivity index (χ3n) is 2.49.